The van der Waals surface area contributed by atoms with E-state index in [0.717, 1.165) is 22.4 Å². The first-order chi connectivity index (χ1) is 13.3. The fraction of sp³-hybridized carbons (Fsp3) is 0.375. The van der Waals surface area contributed by atoms with Crippen molar-refractivity contribution < 1.29 is 14.3 Å². The predicted octanol–water partition coefficient (Wildman–Crippen LogP) is 5.86. The van der Waals surface area contributed by atoms with Crippen LogP contribution in [0.1, 0.15) is 40.2 Å². The van der Waals surface area contributed by atoms with Gasteiger partial charge in [0.05, 0.1) is 18.9 Å². The van der Waals surface area contributed by atoms with Gasteiger partial charge in [0.2, 0.25) is 0 Å². The Labute approximate surface area is 168 Å². The van der Waals surface area contributed by atoms with E-state index in [-0.39, 0.29) is 11.7 Å². The van der Waals surface area contributed by atoms with Crippen molar-refractivity contribution in [3.63, 3.8) is 0 Å². The number of oxime groups is 1. The third-order valence-corrected chi connectivity index (χ3v) is 3.68. The molecule has 0 unspecified atom stereocenters. The van der Waals surface area contributed by atoms with Crippen molar-refractivity contribution in [2.24, 2.45) is 5.16 Å². The molecule has 0 spiro atoms. The molecule has 28 heavy (non-hydrogen) atoms. The van der Waals surface area contributed by atoms with Crippen molar-refractivity contribution in [3.05, 3.63) is 66.2 Å². The summed E-state index contributed by atoms with van der Waals surface area (Å²) in [5.41, 5.74) is 2.90. The van der Waals surface area contributed by atoms with Crippen molar-refractivity contribution in [1.82, 2.24) is 0 Å². The number of hydrogen-bond donors (Lipinski definition) is 0. The lowest BCUT2D eigenvalue weighted by molar-refractivity contribution is 0.00199. The molecule has 0 bridgehead atoms. The van der Waals surface area contributed by atoms with E-state index in [9.17, 15) is 0 Å². The summed E-state index contributed by atoms with van der Waals surface area (Å²) in [6, 6.07) is 16.2. The first-order valence-corrected chi connectivity index (χ1v) is 9.65. The number of hydrogen-bond acceptors (Lipinski definition) is 4. The lowest BCUT2D eigenvalue weighted by Crippen LogP contribution is -2.15. The van der Waals surface area contributed by atoms with Crippen LogP contribution in [0.5, 0.6) is 5.75 Å². The van der Waals surface area contributed by atoms with E-state index in [1.807, 2.05) is 77.1 Å². The molecule has 0 heterocycles. The lowest BCUT2D eigenvalue weighted by Gasteiger charge is -2.15. The van der Waals surface area contributed by atoms with Crippen LogP contribution in [0.4, 0.5) is 0 Å². The van der Waals surface area contributed by atoms with Crippen LogP contribution in [0.25, 0.3) is 11.1 Å². The Morgan fingerprint density at radius 2 is 1.61 bits per heavy atom. The van der Waals surface area contributed by atoms with Crippen molar-refractivity contribution >= 4 is 6.21 Å². The standard InChI is InChI=1S/C24H31NO3/c1-19(2)26-16-8-9-17-27-22-14-12-20(13-15-22)23-11-7-6-10-21(23)18-25-28-24(3,4)5/h6-15,18-19H,16-17H2,1-5H3/b9-8+,25-18+. The third kappa shape index (κ3) is 7.97. The smallest absolute Gasteiger partial charge is 0.129 e. The Hall–Kier alpha value is -2.59. The van der Waals surface area contributed by atoms with E-state index < -0.39 is 0 Å². The molecule has 2 aromatic rings. The number of nitrogens with zero attached hydrogens (tertiary/aromatic N) is 1. The van der Waals surface area contributed by atoms with Crippen molar-refractivity contribution in [3.8, 4) is 16.9 Å². The van der Waals surface area contributed by atoms with E-state index in [1.54, 1.807) is 6.21 Å². The maximum absolute atomic E-state index is 5.75. The minimum atomic E-state index is -0.306. The van der Waals surface area contributed by atoms with Gasteiger partial charge >= 0.3 is 0 Å². The molecule has 0 radical (unpaired) electrons. The highest BCUT2D eigenvalue weighted by Crippen LogP contribution is 2.25. The molecule has 2 rings (SSSR count). The van der Waals surface area contributed by atoms with Gasteiger partial charge in [0.1, 0.15) is 18.0 Å². The summed E-state index contributed by atoms with van der Waals surface area (Å²) >= 11 is 0. The first kappa shape index (κ1) is 21.7. The fourth-order valence-electron chi connectivity index (χ4n) is 2.37. The SMILES string of the molecule is CC(C)OC/C=C/COc1ccc(-c2ccccc2/C=N/OC(C)(C)C)cc1. The zero-order chi connectivity index (χ0) is 20.4. The summed E-state index contributed by atoms with van der Waals surface area (Å²) in [5, 5.41) is 4.12. The van der Waals surface area contributed by atoms with Gasteiger partial charge in [0, 0.05) is 5.56 Å². The molecule has 0 amide bonds. The molecular weight excluding hydrogens is 350 g/mol. The van der Waals surface area contributed by atoms with Gasteiger partial charge in [0.25, 0.3) is 0 Å². The van der Waals surface area contributed by atoms with Gasteiger partial charge in [-0.15, -0.1) is 0 Å². The average Bonchev–Trinajstić information content (AvgIpc) is 2.64. The highest BCUT2D eigenvalue weighted by Gasteiger charge is 2.10. The molecule has 0 saturated carbocycles. The molecule has 0 aromatic heterocycles. The summed E-state index contributed by atoms with van der Waals surface area (Å²) in [6.07, 6.45) is 5.95. The second-order valence-electron chi connectivity index (χ2n) is 7.71. The Balaban J connectivity index is 1.98. The average molecular weight is 382 g/mol. The molecule has 2 aromatic carbocycles. The van der Waals surface area contributed by atoms with E-state index >= 15 is 0 Å². The Bertz CT molecular complexity index is 771. The molecule has 150 valence electrons. The lowest BCUT2D eigenvalue weighted by atomic mass is 10.0. The number of benzene rings is 2. The predicted molar refractivity (Wildman–Crippen MR) is 116 cm³/mol. The molecule has 4 nitrogen and oxygen atoms in total. The normalized spacial score (nSPS) is 12.2. The van der Waals surface area contributed by atoms with Gasteiger partial charge in [-0.1, -0.05) is 47.6 Å². The fourth-order valence-corrected chi connectivity index (χ4v) is 2.37. The summed E-state index contributed by atoms with van der Waals surface area (Å²) in [5.74, 6) is 0.834. The zero-order valence-electron chi connectivity index (χ0n) is 17.5. The maximum atomic E-state index is 5.75. The molecule has 0 fully saturated rings. The van der Waals surface area contributed by atoms with Crippen LogP contribution in [0.2, 0.25) is 0 Å². The van der Waals surface area contributed by atoms with Crippen LogP contribution in [-0.4, -0.2) is 31.1 Å². The van der Waals surface area contributed by atoms with Gasteiger partial charge in [0.15, 0.2) is 0 Å². The zero-order valence-corrected chi connectivity index (χ0v) is 17.5. The van der Waals surface area contributed by atoms with E-state index in [2.05, 4.69) is 23.4 Å². The molecule has 0 N–H and O–H groups in total. The van der Waals surface area contributed by atoms with Crippen LogP contribution in [0.3, 0.4) is 0 Å². The maximum Gasteiger partial charge on any atom is 0.129 e. The minimum absolute atomic E-state index is 0.242. The first-order valence-electron chi connectivity index (χ1n) is 9.65. The molecule has 0 aliphatic heterocycles. The van der Waals surface area contributed by atoms with Crippen LogP contribution < -0.4 is 4.74 Å². The Morgan fingerprint density at radius 1 is 0.929 bits per heavy atom. The van der Waals surface area contributed by atoms with Crippen LogP contribution in [-0.2, 0) is 9.57 Å². The monoisotopic (exact) mass is 381 g/mol. The largest absolute Gasteiger partial charge is 0.490 e. The summed E-state index contributed by atoms with van der Waals surface area (Å²) < 4.78 is 11.2. The molecule has 0 aliphatic carbocycles. The summed E-state index contributed by atoms with van der Waals surface area (Å²) in [6.45, 7) is 11.1. The second kappa shape index (κ2) is 10.7. The van der Waals surface area contributed by atoms with Crippen molar-refractivity contribution in [2.45, 2.75) is 46.3 Å². The molecule has 0 saturated heterocycles. The van der Waals surface area contributed by atoms with Gasteiger partial charge in [-0.05, 0) is 64.0 Å². The van der Waals surface area contributed by atoms with Crippen molar-refractivity contribution in [1.29, 1.82) is 0 Å². The van der Waals surface area contributed by atoms with Crippen LogP contribution in [0.15, 0.2) is 65.8 Å². The topological polar surface area (TPSA) is 40.0 Å². The Kier molecular flexibility index (Phi) is 8.27. The highest BCUT2D eigenvalue weighted by atomic mass is 16.6. The van der Waals surface area contributed by atoms with E-state index in [4.69, 9.17) is 14.3 Å². The summed E-state index contributed by atoms with van der Waals surface area (Å²) in [7, 11) is 0. The minimum Gasteiger partial charge on any atom is -0.490 e. The molecule has 0 aliphatic rings. The second-order valence-corrected chi connectivity index (χ2v) is 7.71. The molecule has 4 heteroatoms. The van der Waals surface area contributed by atoms with Gasteiger partial charge in [-0.2, -0.15) is 0 Å². The van der Waals surface area contributed by atoms with E-state index in [0.29, 0.717) is 13.2 Å². The Morgan fingerprint density at radius 3 is 2.29 bits per heavy atom. The van der Waals surface area contributed by atoms with E-state index in [1.165, 1.54) is 0 Å². The van der Waals surface area contributed by atoms with Crippen LogP contribution >= 0.6 is 0 Å². The summed E-state index contributed by atoms with van der Waals surface area (Å²) in [4.78, 5) is 5.46. The van der Waals surface area contributed by atoms with Crippen molar-refractivity contribution in [2.75, 3.05) is 13.2 Å². The van der Waals surface area contributed by atoms with Crippen LogP contribution in [0, 0.1) is 0 Å². The quantitative estimate of drug-likeness (QED) is 0.310. The molecular formula is C24H31NO3. The molecule has 0 atom stereocenters. The third-order valence-electron chi connectivity index (χ3n) is 3.68. The highest BCUT2D eigenvalue weighted by molar-refractivity contribution is 5.90. The van der Waals surface area contributed by atoms with Gasteiger partial charge in [-0.25, -0.2) is 0 Å². The number of rotatable bonds is 9. The van der Waals surface area contributed by atoms with Gasteiger partial charge < -0.3 is 14.3 Å². The number of ether oxygens (including phenoxy) is 2. The van der Waals surface area contributed by atoms with Gasteiger partial charge in [-0.3, -0.25) is 0 Å².